The van der Waals surface area contributed by atoms with Gasteiger partial charge in [0, 0.05) is 29.8 Å². The molecule has 35 heavy (non-hydrogen) atoms. The van der Waals surface area contributed by atoms with E-state index in [9.17, 15) is 18.7 Å². The number of ether oxygens (including phenoxy) is 1. The number of hydrogen-bond acceptors (Lipinski definition) is 6. The standard InChI is InChI=1S/C25H21F2N5O3/c1-3-35-23-9-15(17-5-4-16(26)10-18(17)24-30-28-13-31(24)2)8-22(29-23)32-11-20-19(25(32)34)6-14(12-33)7-21(20)27/h4-10,13,33H,3,11-12H2,1-2H3. The number of carbonyl (C=O) groups excluding carboxylic acids is 1. The smallest absolute Gasteiger partial charge is 0.260 e. The van der Waals surface area contributed by atoms with Crippen molar-refractivity contribution in [2.45, 2.75) is 20.1 Å². The fraction of sp³-hybridized carbons (Fsp3) is 0.200. The van der Waals surface area contributed by atoms with Crippen LogP contribution in [0.3, 0.4) is 0 Å². The highest BCUT2D eigenvalue weighted by Gasteiger charge is 2.33. The van der Waals surface area contributed by atoms with Gasteiger partial charge >= 0.3 is 0 Å². The fourth-order valence-electron chi connectivity index (χ4n) is 4.18. The van der Waals surface area contributed by atoms with Crippen molar-refractivity contribution >= 4 is 11.7 Å². The summed E-state index contributed by atoms with van der Waals surface area (Å²) in [5, 5.41) is 17.4. The van der Waals surface area contributed by atoms with E-state index in [0.717, 1.165) is 0 Å². The van der Waals surface area contributed by atoms with Gasteiger partial charge in [-0.2, -0.15) is 4.98 Å². The Hall–Kier alpha value is -4.18. The summed E-state index contributed by atoms with van der Waals surface area (Å²) < 4.78 is 36.2. The first-order valence-corrected chi connectivity index (χ1v) is 10.9. The summed E-state index contributed by atoms with van der Waals surface area (Å²) in [4.78, 5) is 19.0. The largest absolute Gasteiger partial charge is 0.478 e. The van der Waals surface area contributed by atoms with Gasteiger partial charge in [0.15, 0.2) is 5.82 Å². The maximum atomic E-state index is 14.6. The van der Waals surface area contributed by atoms with Crippen LogP contribution in [-0.4, -0.2) is 37.4 Å². The van der Waals surface area contributed by atoms with Crippen LogP contribution < -0.4 is 9.64 Å². The molecular formula is C25H21F2N5O3. The third-order valence-electron chi connectivity index (χ3n) is 5.83. The van der Waals surface area contributed by atoms with Gasteiger partial charge in [0.05, 0.1) is 19.8 Å². The van der Waals surface area contributed by atoms with Gasteiger partial charge in [-0.05, 0) is 53.9 Å². The summed E-state index contributed by atoms with van der Waals surface area (Å²) in [7, 11) is 1.75. The quantitative estimate of drug-likeness (QED) is 0.453. The molecule has 0 fully saturated rings. The summed E-state index contributed by atoms with van der Waals surface area (Å²) in [6.07, 6.45) is 1.52. The number of halogens is 2. The third kappa shape index (κ3) is 4.01. The van der Waals surface area contributed by atoms with Crippen LogP contribution >= 0.6 is 0 Å². The number of nitrogens with zero attached hydrogens (tertiary/aromatic N) is 5. The maximum Gasteiger partial charge on any atom is 0.260 e. The molecule has 5 rings (SSSR count). The molecule has 3 heterocycles. The van der Waals surface area contributed by atoms with Gasteiger partial charge in [0.25, 0.3) is 5.91 Å². The van der Waals surface area contributed by atoms with Crippen molar-refractivity contribution in [3.05, 3.63) is 77.1 Å². The molecule has 0 saturated carbocycles. The number of fused-ring (bicyclic) bond motifs is 1. The first-order chi connectivity index (χ1) is 16.9. The van der Waals surface area contributed by atoms with Gasteiger partial charge in [-0.1, -0.05) is 6.07 Å². The molecule has 10 heteroatoms. The van der Waals surface area contributed by atoms with Crippen LogP contribution in [0, 0.1) is 11.6 Å². The number of pyridine rings is 1. The zero-order chi connectivity index (χ0) is 24.7. The first kappa shape index (κ1) is 22.6. The fourth-order valence-corrected chi connectivity index (χ4v) is 4.18. The first-order valence-electron chi connectivity index (χ1n) is 10.9. The minimum atomic E-state index is -0.563. The number of rotatable bonds is 6. The van der Waals surface area contributed by atoms with Crippen LogP contribution in [0.5, 0.6) is 5.88 Å². The van der Waals surface area contributed by atoms with Crippen LogP contribution in [0.1, 0.15) is 28.4 Å². The minimum Gasteiger partial charge on any atom is -0.478 e. The molecule has 1 N–H and O–H groups in total. The highest BCUT2D eigenvalue weighted by molar-refractivity contribution is 6.10. The Labute approximate surface area is 199 Å². The Morgan fingerprint density at radius 1 is 1.09 bits per heavy atom. The van der Waals surface area contributed by atoms with E-state index in [4.69, 9.17) is 4.74 Å². The van der Waals surface area contributed by atoms with E-state index >= 15 is 0 Å². The number of anilines is 1. The van der Waals surface area contributed by atoms with Crippen molar-refractivity contribution in [1.82, 2.24) is 19.7 Å². The van der Waals surface area contributed by atoms with E-state index in [-0.39, 0.29) is 36.0 Å². The Kier molecular flexibility index (Phi) is 5.73. The van der Waals surface area contributed by atoms with Crippen molar-refractivity contribution in [3.63, 3.8) is 0 Å². The molecule has 0 spiro atoms. The van der Waals surface area contributed by atoms with Crippen LogP contribution in [0.25, 0.3) is 22.5 Å². The average Bonchev–Trinajstić information content (AvgIpc) is 3.42. The average molecular weight is 477 g/mol. The second-order valence-corrected chi connectivity index (χ2v) is 8.09. The third-order valence-corrected chi connectivity index (χ3v) is 5.83. The van der Waals surface area contributed by atoms with Gasteiger partial charge < -0.3 is 14.4 Å². The molecule has 0 unspecified atom stereocenters. The number of aliphatic hydroxyl groups is 1. The number of aromatic nitrogens is 4. The highest BCUT2D eigenvalue weighted by Crippen LogP contribution is 2.37. The number of carbonyl (C=O) groups is 1. The van der Waals surface area contributed by atoms with Crippen molar-refractivity contribution in [2.24, 2.45) is 7.05 Å². The second kappa shape index (κ2) is 8.88. The highest BCUT2D eigenvalue weighted by atomic mass is 19.1. The Balaban J connectivity index is 1.64. The summed E-state index contributed by atoms with van der Waals surface area (Å²) in [6, 6.07) is 10.4. The molecule has 0 bridgehead atoms. The van der Waals surface area contributed by atoms with Crippen molar-refractivity contribution in [3.8, 4) is 28.4 Å². The molecule has 178 valence electrons. The minimum absolute atomic E-state index is 0.0205. The SMILES string of the molecule is CCOc1cc(-c2ccc(F)cc2-c2nncn2C)cc(N2Cc3c(F)cc(CO)cc3C2=O)n1. The molecule has 0 aliphatic carbocycles. The number of amides is 1. The number of aryl methyl sites for hydroxylation is 1. The molecule has 0 saturated heterocycles. The van der Waals surface area contributed by atoms with E-state index in [1.165, 1.54) is 35.5 Å². The summed E-state index contributed by atoms with van der Waals surface area (Å²) in [5.74, 6) is -0.468. The van der Waals surface area contributed by atoms with Gasteiger partial charge in [0.1, 0.15) is 23.8 Å². The normalized spacial score (nSPS) is 12.8. The number of benzene rings is 2. The molecule has 0 radical (unpaired) electrons. The Bertz CT molecular complexity index is 1450. The van der Waals surface area contributed by atoms with Crippen molar-refractivity contribution in [2.75, 3.05) is 11.5 Å². The summed E-state index contributed by atoms with van der Waals surface area (Å²) >= 11 is 0. The van der Waals surface area contributed by atoms with Crippen LogP contribution in [0.2, 0.25) is 0 Å². The second-order valence-electron chi connectivity index (χ2n) is 8.09. The lowest BCUT2D eigenvalue weighted by molar-refractivity contribution is 0.0995. The van der Waals surface area contributed by atoms with Crippen LogP contribution in [0.15, 0.2) is 48.8 Å². The topological polar surface area (TPSA) is 93.4 Å². The van der Waals surface area contributed by atoms with E-state index in [0.29, 0.717) is 34.7 Å². The number of aliphatic hydroxyl groups excluding tert-OH is 1. The predicted molar refractivity (Wildman–Crippen MR) is 124 cm³/mol. The molecular weight excluding hydrogens is 456 g/mol. The van der Waals surface area contributed by atoms with Gasteiger partial charge in [-0.25, -0.2) is 8.78 Å². The van der Waals surface area contributed by atoms with E-state index in [2.05, 4.69) is 15.2 Å². The number of hydrogen-bond donors (Lipinski definition) is 1. The molecule has 1 aliphatic rings. The van der Waals surface area contributed by atoms with Crippen molar-refractivity contribution < 1.29 is 23.4 Å². The van der Waals surface area contributed by atoms with E-state index < -0.39 is 17.5 Å². The van der Waals surface area contributed by atoms with E-state index in [1.807, 2.05) is 0 Å². The van der Waals surface area contributed by atoms with E-state index in [1.54, 1.807) is 36.7 Å². The summed E-state index contributed by atoms with van der Waals surface area (Å²) in [5.41, 5.74) is 2.47. The van der Waals surface area contributed by atoms with Crippen LogP contribution in [0.4, 0.5) is 14.6 Å². The molecule has 1 amide bonds. The Morgan fingerprint density at radius 3 is 2.63 bits per heavy atom. The van der Waals surface area contributed by atoms with Gasteiger partial charge in [0.2, 0.25) is 5.88 Å². The Morgan fingerprint density at radius 2 is 1.91 bits per heavy atom. The lowest BCUT2D eigenvalue weighted by Crippen LogP contribution is -2.24. The zero-order valence-corrected chi connectivity index (χ0v) is 19.0. The van der Waals surface area contributed by atoms with Crippen LogP contribution in [-0.2, 0) is 20.2 Å². The monoisotopic (exact) mass is 477 g/mol. The molecule has 4 aromatic rings. The molecule has 2 aromatic carbocycles. The molecule has 0 atom stereocenters. The molecule has 8 nitrogen and oxygen atoms in total. The maximum absolute atomic E-state index is 14.6. The lowest BCUT2D eigenvalue weighted by atomic mass is 9.99. The van der Waals surface area contributed by atoms with Gasteiger partial charge in [-0.3, -0.25) is 9.69 Å². The van der Waals surface area contributed by atoms with Gasteiger partial charge in [-0.15, -0.1) is 10.2 Å². The van der Waals surface area contributed by atoms with Crippen molar-refractivity contribution in [1.29, 1.82) is 0 Å². The molecule has 1 aliphatic heterocycles. The predicted octanol–water partition coefficient (Wildman–Crippen LogP) is 3.87. The summed E-state index contributed by atoms with van der Waals surface area (Å²) in [6.45, 7) is 1.74. The molecule has 2 aromatic heterocycles. The zero-order valence-electron chi connectivity index (χ0n) is 19.0. The lowest BCUT2D eigenvalue weighted by Gasteiger charge is -2.18.